The number of nitrogens with one attached hydrogen (secondary N) is 1. The van der Waals surface area contributed by atoms with Crippen LogP contribution >= 0.6 is 15.9 Å². The predicted octanol–water partition coefficient (Wildman–Crippen LogP) is 5.13. The Morgan fingerprint density at radius 3 is 2.00 bits per heavy atom. The van der Waals surface area contributed by atoms with Crippen LogP contribution in [-0.4, -0.2) is 39.9 Å². The van der Waals surface area contributed by atoms with Gasteiger partial charge in [-0.25, -0.2) is 4.79 Å². The van der Waals surface area contributed by atoms with Crippen molar-refractivity contribution in [1.82, 2.24) is 10.2 Å². The highest BCUT2D eigenvalue weighted by Crippen LogP contribution is 2.29. The molecule has 0 bridgehead atoms. The van der Waals surface area contributed by atoms with Crippen molar-refractivity contribution >= 4 is 27.9 Å². The summed E-state index contributed by atoms with van der Waals surface area (Å²) in [7, 11) is 0. The molecule has 0 aliphatic carbocycles. The number of benzene rings is 3. The van der Waals surface area contributed by atoms with E-state index >= 15 is 0 Å². The lowest BCUT2D eigenvalue weighted by Crippen LogP contribution is -2.68. The number of carbonyl (C=O) groups excluding carboxylic acids is 2. The third-order valence-corrected chi connectivity index (χ3v) is 7.03. The molecule has 4 rings (SSSR count). The van der Waals surface area contributed by atoms with E-state index in [4.69, 9.17) is 4.74 Å². The van der Waals surface area contributed by atoms with Gasteiger partial charge < -0.3 is 15.0 Å². The van der Waals surface area contributed by atoms with Crippen molar-refractivity contribution in [1.29, 1.82) is 0 Å². The number of urea groups is 1. The van der Waals surface area contributed by atoms with Gasteiger partial charge in [0.2, 0.25) is 0 Å². The number of hydrogen-bond acceptors (Lipinski definition) is 3. The van der Waals surface area contributed by atoms with Gasteiger partial charge in [0.05, 0.1) is 12.1 Å². The minimum atomic E-state index is -0.521. The van der Waals surface area contributed by atoms with Crippen molar-refractivity contribution in [3.63, 3.8) is 0 Å². The standard InChI is InChI=1S/C28H29BrN2O3/c1-20(32)34-27-25(18-22-13-7-3-8-14-22)31(19-23-15-9-4-10-16-23)28(33)30-26(27)24(29)17-21-11-5-2-6-12-21/h2-16,24-27H,17-19H2,1H3,(H,30,33)/t24-,25+,26+,27-/m0/s1. The largest absolute Gasteiger partial charge is 0.458 e. The summed E-state index contributed by atoms with van der Waals surface area (Å²) in [6.45, 7) is 1.86. The van der Waals surface area contributed by atoms with Crippen molar-refractivity contribution in [2.24, 2.45) is 0 Å². The van der Waals surface area contributed by atoms with Crippen LogP contribution in [0.15, 0.2) is 91.0 Å². The first-order valence-corrected chi connectivity index (χ1v) is 12.4. The second-order valence-corrected chi connectivity index (χ2v) is 9.80. The van der Waals surface area contributed by atoms with Gasteiger partial charge in [-0.15, -0.1) is 0 Å². The van der Waals surface area contributed by atoms with Crippen LogP contribution in [0.25, 0.3) is 0 Å². The van der Waals surface area contributed by atoms with Gasteiger partial charge in [0, 0.05) is 18.3 Å². The van der Waals surface area contributed by atoms with Crippen LogP contribution in [0.3, 0.4) is 0 Å². The summed E-state index contributed by atoms with van der Waals surface area (Å²) in [5.41, 5.74) is 3.26. The van der Waals surface area contributed by atoms with E-state index in [2.05, 4.69) is 33.4 Å². The number of rotatable bonds is 8. The van der Waals surface area contributed by atoms with Crippen LogP contribution in [0.4, 0.5) is 4.79 Å². The van der Waals surface area contributed by atoms with Gasteiger partial charge in [-0.1, -0.05) is 107 Å². The molecule has 6 heteroatoms. The second-order valence-electron chi connectivity index (χ2n) is 8.63. The monoisotopic (exact) mass is 520 g/mol. The fourth-order valence-electron chi connectivity index (χ4n) is 4.53. The Morgan fingerprint density at radius 2 is 1.44 bits per heavy atom. The van der Waals surface area contributed by atoms with E-state index < -0.39 is 6.10 Å². The lowest BCUT2D eigenvalue weighted by Gasteiger charge is -2.46. The first-order valence-electron chi connectivity index (χ1n) is 11.5. The third-order valence-electron chi connectivity index (χ3n) is 6.13. The van der Waals surface area contributed by atoms with Gasteiger partial charge in [-0.2, -0.15) is 0 Å². The quantitative estimate of drug-likeness (QED) is 0.330. The molecule has 1 fully saturated rings. The van der Waals surface area contributed by atoms with Crippen LogP contribution in [0, 0.1) is 0 Å². The molecule has 0 unspecified atom stereocenters. The average Bonchev–Trinajstić information content (AvgIpc) is 2.84. The summed E-state index contributed by atoms with van der Waals surface area (Å²) in [6.07, 6.45) is 0.758. The Labute approximate surface area is 209 Å². The van der Waals surface area contributed by atoms with E-state index in [0.717, 1.165) is 16.7 Å². The molecule has 0 radical (unpaired) electrons. The number of alkyl halides is 1. The SMILES string of the molecule is CC(=O)O[C@@H]1[C@@H]([C@@H](Br)Cc2ccccc2)NC(=O)N(Cc2ccccc2)[C@@H]1Cc1ccccc1. The minimum Gasteiger partial charge on any atom is -0.458 e. The van der Waals surface area contributed by atoms with Crippen molar-refractivity contribution in [2.45, 2.75) is 49.3 Å². The number of halogens is 1. The minimum absolute atomic E-state index is 0.111. The van der Waals surface area contributed by atoms with Gasteiger partial charge in [0.25, 0.3) is 0 Å². The summed E-state index contributed by atoms with van der Waals surface area (Å²) < 4.78 is 5.94. The molecule has 5 nitrogen and oxygen atoms in total. The number of ether oxygens (including phenoxy) is 1. The van der Waals surface area contributed by atoms with Crippen LogP contribution in [-0.2, 0) is 28.9 Å². The van der Waals surface area contributed by atoms with E-state index in [9.17, 15) is 9.59 Å². The van der Waals surface area contributed by atoms with E-state index in [-0.39, 0.29) is 28.9 Å². The molecule has 176 valence electrons. The first kappa shape index (κ1) is 24.0. The van der Waals surface area contributed by atoms with Crippen molar-refractivity contribution in [3.8, 4) is 0 Å². The van der Waals surface area contributed by atoms with E-state index in [1.165, 1.54) is 6.92 Å². The van der Waals surface area contributed by atoms with Crippen molar-refractivity contribution in [3.05, 3.63) is 108 Å². The van der Waals surface area contributed by atoms with Gasteiger partial charge in [-0.05, 0) is 29.5 Å². The molecule has 0 saturated carbocycles. The number of esters is 1. The predicted molar refractivity (Wildman–Crippen MR) is 137 cm³/mol. The fraction of sp³-hybridized carbons (Fsp3) is 0.286. The van der Waals surface area contributed by atoms with Gasteiger partial charge >= 0.3 is 12.0 Å². The highest BCUT2D eigenvalue weighted by molar-refractivity contribution is 9.09. The maximum absolute atomic E-state index is 13.5. The maximum atomic E-state index is 13.5. The number of amides is 2. The molecule has 0 aromatic heterocycles. The van der Waals surface area contributed by atoms with Crippen LogP contribution in [0.5, 0.6) is 0 Å². The smallest absolute Gasteiger partial charge is 0.318 e. The Morgan fingerprint density at radius 1 is 0.912 bits per heavy atom. The molecule has 0 spiro atoms. The number of nitrogens with zero attached hydrogens (tertiary/aromatic N) is 1. The molecule has 1 saturated heterocycles. The molecule has 1 N–H and O–H groups in total. The molecule has 2 amide bonds. The Bertz CT molecular complexity index is 1080. The molecule has 1 aliphatic heterocycles. The molecule has 3 aromatic rings. The van der Waals surface area contributed by atoms with Crippen LogP contribution < -0.4 is 5.32 Å². The zero-order valence-corrected chi connectivity index (χ0v) is 20.7. The number of hydrogen-bond donors (Lipinski definition) is 1. The Balaban J connectivity index is 1.67. The summed E-state index contributed by atoms with van der Waals surface area (Å²) >= 11 is 3.81. The molecular weight excluding hydrogens is 492 g/mol. The Kier molecular flexibility index (Phi) is 8.01. The summed E-state index contributed by atoms with van der Waals surface area (Å²) in [5.74, 6) is -0.358. The van der Waals surface area contributed by atoms with E-state index in [0.29, 0.717) is 19.4 Å². The van der Waals surface area contributed by atoms with Crippen molar-refractivity contribution < 1.29 is 14.3 Å². The Hall–Kier alpha value is -3.12. The lowest BCUT2D eigenvalue weighted by molar-refractivity contribution is -0.152. The topological polar surface area (TPSA) is 58.6 Å². The first-order chi connectivity index (χ1) is 16.5. The fourth-order valence-corrected chi connectivity index (χ4v) is 5.34. The molecule has 4 atom stereocenters. The van der Waals surface area contributed by atoms with Gasteiger partial charge in [-0.3, -0.25) is 4.79 Å². The van der Waals surface area contributed by atoms with E-state index in [1.807, 2.05) is 78.9 Å². The zero-order chi connectivity index (χ0) is 23.9. The number of carbonyl (C=O) groups is 2. The average molecular weight is 521 g/mol. The molecule has 1 aliphatic rings. The van der Waals surface area contributed by atoms with Crippen LogP contribution in [0.1, 0.15) is 23.6 Å². The normalized spacial score (nSPS) is 20.9. The maximum Gasteiger partial charge on any atom is 0.318 e. The third kappa shape index (κ3) is 6.06. The van der Waals surface area contributed by atoms with E-state index in [1.54, 1.807) is 4.90 Å². The van der Waals surface area contributed by atoms with Gasteiger partial charge in [0.15, 0.2) is 0 Å². The van der Waals surface area contributed by atoms with Gasteiger partial charge in [0.1, 0.15) is 6.10 Å². The molecule has 1 heterocycles. The lowest BCUT2D eigenvalue weighted by atomic mass is 9.89. The second kappa shape index (κ2) is 11.3. The molecule has 3 aromatic carbocycles. The highest BCUT2D eigenvalue weighted by atomic mass is 79.9. The summed E-state index contributed by atoms with van der Waals surface area (Å²) in [6, 6.07) is 29.2. The van der Waals surface area contributed by atoms with Crippen molar-refractivity contribution in [2.75, 3.05) is 0 Å². The van der Waals surface area contributed by atoms with Crippen LogP contribution in [0.2, 0.25) is 0 Å². The molecular formula is C28H29BrN2O3. The highest BCUT2D eigenvalue weighted by Gasteiger charge is 2.46. The summed E-state index contributed by atoms with van der Waals surface area (Å²) in [5, 5.41) is 3.14. The zero-order valence-electron chi connectivity index (χ0n) is 19.1. The molecule has 34 heavy (non-hydrogen) atoms. The summed E-state index contributed by atoms with van der Waals surface area (Å²) in [4.78, 5) is 27.4.